The lowest BCUT2D eigenvalue weighted by Crippen LogP contribution is -2.17. The van der Waals surface area contributed by atoms with Crippen molar-refractivity contribution >= 4 is 0 Å². The molecular formula is C15H25NO2. The molecule has 2 unspecified atom stereocenters. The molecular weight excluding hydrogens is 226 g/mol. The summed E-state index contributed by atoms with van der Waals surface area (Å²) in [6.45, 7) is 7.06. The third-order valence-electron chi connectivity index (χ3n) is 3.01. The molecule has 0 aromatic heterocycles. The van der Waals surface area contributed by atoms with Crippen LogP contribution >= 0.6 is 0 Å². The standard InChI is InChI=1S/C15H25NO2/c1-5-11(2)10-18-15-9-13(8-12(3)16)6-7-14(15)17-4/h6-7,9,11-12H,5,8,10,16H2,1-4H3. The maximum absolute atomic E-state index is 5.84. The Labute approximate surface area is 110 Å². The highest BCUT2D eigenvalue weighted by Gasteiger charge is 2.08. The maximum atomic E-state index is 5.84. The highest BCUT2D eigenvalue weighted by molar-refractivity contribution is 5.43. The zero-order valence-electron chi connectivity index (χ0n) is 11.9. The van der Waals surface area contributed by atoms with Gasteiger partial charge in [0.1, 0.15) is 0 Å². The van der Waals surface area contributed by atoms with Crippen molar-refractivity contribution in [2.45, 2.75) is 39.7 Å². The first-order valence-electron chi connectivity index (χ1n) is 6.62. The molecule has 3 nitrogen and oxygen atoms in total. The van der Waals surface area contributed by atoms with Gasteiger partial charge in [0, 0.05) is 6.04 Å². The zero-order valence-corrected chi connectivity index (χ0v) is 11.9. The van der Waals surface area contributed by atoms with Crippen LogP contribution in [0.4, 0.5) is 0 Å². The van der Waals surface area contributed by atoms with E-state index in [0.29, 0.717) is 12.5 Å². The lowest BCUT2D eigenvalue weighted by atomic mass is 10.1. The van der Waals surface area contributed by atoms with Crippen molar-refractivity contribution in [3.8, 4) is 11.5 Å². The van der Waals surface area contributed by atoms with Crippen LogP contribution in [0.3, 0.4) is 0 Å². The largest absolute Gasteiger partial charge is 0.493 e. The minimum Gasteiger partial charge on any atom is -0.493 e. The Kier molecular flexibility index (Phi) is 5.99. The van der Waals surface area contributed by atoms with Gasteiger partial charge in [0.15, 0.2) is 11.5 Å². The quantitative estimate of drug-likeness (QED) is 0.810. The van der Waals surface area contributed by atoms with E-state index in [4.69, 9.17) is 15.2 Å². The molecule has 0 saturated heterocycles. The molecule has 0 spiro atoms. The highest BCUT2D eigenvalue weighted by atomic mass is 16.5. The Balaban J connectivity index is 2.78. The molecule has 18 heavy (non-hydrogen) atoms. The molecule has 0 fully saturated rings. The molecule has 0 amide bonds. The van der Waals surface area contributed by atoms with E-state index < -0.39 is 0 Å². The summed E-state index contributed by atoms with van der Waals surface area (Å²) in [7, 11) is 1.66. The van der Waals surface area contributed by atoms with Crippen LogP contribution < -0.4 is 15.2 Å². The number of hydrogen-bond acceptors (Lipinski definition) is 3. The van der Waals surface area contributed by atoms with Gasteiger partial charge in [-0.25, -0.2) is 0 Å². The van der Waals surface area contributed by atoms with Crippen LogP contribution in [0.25, 0.3) is 0 Å². The number of rotatable bonds is 7. The highest BCUT2D eigenvalue weighted by Crippen LogP contribution is 2.29. The van der Waals surface area contributed by atoms with E-state index in [1.165, 1.54) is 5.56 Å². The molecule has 0 aliphatic rings. The molecule has 1 aromatic carbocycles. The number of benzene rings is 1. The minimum absolute atomic E-state index is 0.154. The van der Waals surface area contributed by atoms with Crippen LogP contribution in [0.1, 0.15) is 32.8 Å². The fourth-order valence-corrected chi connectivity index (χ4v) is 1.68. The molecule has 0 radical (unpaired) electrons. The summed E-state index contributed by atoms with van der Waals surface area (Å²) < 4.78 is 11.2. The molecule has 0 saturated carbocycles. The van der Waals surface area contributed by atoms with E-state index in [0.717, 1.165) is 24.3 Å². The van der Waals surface area contributed by atoms with Gasteiger partial charge in [0.05, 0.1) is 13.7 Å². The summed E-state index contributed by atoms with van der Waals surface area (Å²) in [6.07, 6.45) is 1.96. The zero-order chi connectivity index (χ0) is 13.5. The van der Waals surface area contributed by atoms with Gasteiger partial charge in [-0.1, -0.05) is 26.3 Å². The molecule has 1 rings (SSSR count). The van der Waals surface area contributed by atoms with Crippen molar-refractivity contribution < 1.29 is 9.47 Å². The topological polar surface area (TPSA) is 44.5 Å². The predicted octanol–water partition coefficient (Wildman–Crippen LogP) is 3.01. The minimum atomic E-state index is 0.154. The van der Waals surface area contributed by atoms with Crippen molar-refractivity contribution in [3.63, 3.8) is 0 Å². The average molecular weight is 251 g/mol. The second kappa shape index (κ2) is 7.27. The van der Waals surface area contributed by atoms with Crippen molar-refractivity contribution in [2.24, 2.45) is 11.7 Å². The van der Waals surface area contributed by atoms with Gasteiger partial charge in [-0.05, 0) is 37.0 Å². The molecule has 2 N–H and O–H groups in total. The van der Waals surface area contributed by atoms with Crippen molar-refractivity contribution in [1.29, 1.82) is 0 Å². The van der Waals surface area contributed by atoms with Crippen LogP contribution in [-0.4, -0.2) is 19.8 Å². The van der Waals surface area contributed by atoms with Crippen LogP contribution in [0.2, 0.25) is 0 Å². The molecule has 3 heteroatoms. The number of nitrogens with two attached hydrogens (primary N) is 1. The first-order chi connectivity index (χ1) is 8.56. The van der Waals surface area contributed by atoms with E-state index in [1.807, 2.05) is 25.1 Å². The van der Waals surface area contributed by atoms with E-state index >= 15 is 0 Å². The van der Waals surface area contributed by atoms with Crippen molar-refractivity contribution in [2.75, 3.05) is 13.7 Å². The predicted molar refractivity (Wildman–Crippen MR) is 75.3 cm³/mol. The smallest absolute Gasteiger partial charge is 0.161 e. The molecule has 1 aromatic rings. The monoisotopic (exact) mass is 251 g/mol. The van der Waals surface area contributed by atoms with Crippen LogP contribution in [0.15, 0.2) is 18.2 Å². The van der Waals surface area contributed by atoms with Crippen molar-refractivity contribution in [3.05, 3.63) is 23.8 Å². The lowest BCUT2D eigenvalue weighted by Gasteiger charge is -2.15. The third kappa shape index (κ3) is 4.57. The Morgan fingerprint density at radius 2 is 1.94 bits per heavy atom. The SMILES string of the molecule is CCC(C)COc1cc(CC(C)N)ccc1OC. The molecule has 0 heterocycles. The fraction of sp³-hybridized carbons (Fsp3) is 0.600. The first-order valence-corrected chi connectivity index (χ1v) is 6.62. The summed E-state index contributed by atoms with van der Waals surface area (Å²) in [6, 6.07) is 6.17. The van der Waals surface area contributed by atoms with Gasteiger partial charge in [-0.15, -0.1) is 0 Å². The van der Waals surface area contributed by atoms with Gasteiger partial charge in [-0.3, -0.25) is 0 Å². The Morgan fingerprint density at radius 3 is 2.50 bits per heavy atom. The maximum Gasteiger partial charge on any atom is 0.161 e. The van der Waals surface area contributed by atoms with Gasteiger partial charge >= 0.3 is 0 Å². The van der Waals surface area contributed by atoms with E-state index in [-0.39, 0.29) is 6.04 Å². The normalized spacial score (nSPS) is 14.1. The second-order valence-electron chi connectivity index (χ2n) is 4.99. The third-order valence-corrected chi connectivity index (χ3v) is 3.01. The van der Waals surface area contributed by atoms with E-state index in [2.05, 4.69) is 13.8 Å². The van der Waals surface area contributed by atoms with Crippen LogP contribution in [0.5, 0.6) is 11.5 Å². The molecule has 102 valence electrons. The molecule has 0 bridgehead atoms. The van der Waals surface area contributed by atoms with Crippen molar-refractivity contribution in [1.82, 2.24) is 0 Å². The summed E-state index contributed by atoms with van der Waals surface area (Å²) >= 11 is 0. The molecule has 0 aliphatic heterocycles. The van der Waals surface area contributed by atoms with Gasteiger partial charge in [-0.2, -0.15) is 0 Å². The number of ether oxygens (including phenoxy) is 2. The fourth-order valence-electron chi connectivity index (χ4n) is 1.68. The van der Waals surface area contributed by atoms with Gasteiger partial charge in [0.25, 0.3) is 0 Å². The Bertz CT molecular complexity index is 364. The van der Waals surface area contributed by atoms with Gasteiger partial charge in [0.2, 0.25) is 0 Å². The summed E-state index contributed by atoms with van der Waals surface area (Å²) in [5.74, 6) is 2.15. The number of hydrogen-bond donors (Lipinski definition) is 1. The summed E-state index contributed by atoms with van der Waals surface area (Å²) in [5, 5.41) is 0. The van der Waals surface area contributed by atoms with Gasteiger partial charge < -0.3 is 15.2 Å². The summed E-state index contributed by atoms with van der Waals surface area (Å²) in [4.78, 5) is 0. The number of methoxy groups -OCH3 is 1. The summed E-state index contributed by atoms with van der Waals surface area (Å²) in [5.41, 5.74) is 7.00. The average Bonchev–Trinajstić information content (AvgIpc) is 2.35. The van der Waals surface area contributed by atoms with Crippen LogP contribution in [0, 0.1) is 5.92 Å². The van der Waals surface area contributed by atoms with E-state index in [1.54, 1.807) is 7.11 Å². The molecule has 0 aliphatic carbocycles. The molecule has 2 atom stereocenters. The Hall–Kier alpha value is -1.22. The second-order valence-corrected chi connectivity index (χ2v) is 4.99. The van der Waals surface area contributed by atoms with E-state index in [9.17, 15) is 0 Å². The Morgan fingerprint density at radius 1 is 1.22 bits per heavy atom. The first kappa shape index (κ1) is 14.8. The lowest BCUT2D eigenvalue weighted by molar-refractivity contribution is 0.244. The van der Waals surface area contributed by atoms with Crippen LogP contribution in [-0.2, 0) is 6.42 Å².